The van der Waals surface area contributed by atoms with E-state index in [0.717, 1.165) is 6.42 Å². The summed E-state index contributed by atoms with van der Waals surface area (Å²) < 4.78 is 1.28. The van der Waals surface area contributed by atoms with E-state index in [-0.39, 0.29) is 0 Å². The van der Waals surface area contributed by atoms with Crippen LogP contribution < -0.4 is 0 Å². The third-order valence-electron chi connectivity index (χ3n) is 4.75. The van der Waals surface area contributed by atoms with E-state index in [4.69, 9.17) is 0 Å². The number of hydrogen-bond acceptors (Lipinski definition) is 1. The number of aliphatic hydroxyl groups excluding tert-OH is 1. The first-order valence-corrected chi connectivity index (χ1v) is 9.70. The lowest BCUT2D eigenvalue weighted by Crippen LogP contribution is -2.51. The zero-order valence-corrected chi connectivity index (χ0v) is 15.2. The van der Waals surface area contributed by atoms with Gasteiger partial charge in [-0.25, -0.2) is 0 Å². The minimum atomic E-state index is 0.358. The van der Waals surface area contributed by atoms with Crippen LogP contribution in [0.25, 0.3) is 0 Å². The van der Waals surface area contributed by atoms with Gasteiger partial charge in [-0.3, -0.25) is 0 Å². The standard InChI is InChI=1S/C19H42NO/c1-4-7-10-13-17-20(18-14-19-21,15-11-8-5-2)16-12-9-6-3/h21H,4-19H2,1-3H3/q+1. The molecule has 0 unspecified atom stereocenters. The first-order valence-electron chi connectivity index (χ1n) is 9.70. The van der Waals surface area contributed by atoms with Crippen LogP contribution in [0.15, 0.2) is 0 Å². The van der Waals surface area contributed by atoms with Crippen LogP contribution in [-0.2, 0) is 0 Å². The van der Waals surface area contributed by atoms with Crippen LogP contribution in [0.4, 0.5) is 0 Å². The van der Waals surface area contributed by atoms with Crippen molar-refractivity contribution in [3.8, 4) is 0 Å². The van der Waals surface area contributed by atoms with Gasteiger partial charge < -0.3 is 9.59 Å². The zero-order chi connectivity index (χ0) is 15.8. The fourth-order valence-electron chi connectivity index (χ4n) is 3.35. The number of nitrogens with zero attached hydrogens (tertiary/aromatic N) is 1. The molecule has 0 atom stereocenters. The van der Waals surface area contributed by atoms with Crippen molar-refractivity contribution in [2.45, 2.75) is 91.4 Å². The SMILES string of the molecule is CCCCCC[N+](CCCO)(CCCCC)CCCCC. The lowest BCUT2D eigenvalue weighted by Gasteiger charge is -2.39. The molecule has 21 heavy (non-hydrogen) atoms. The Morgan fingerprint density at radius 3 is 1.33 bits per heavy atom. The Morgan fingerprint density at radius 2 is 0.905 bits per heavy atom. The van der Waals surface area contributed by atoms with E-state index in [1.165, 1.54) is 94.9 Å². The molecule has 0 aliphatic carbocycles. The van der Waals surface area contributed by atoms with Crippen molar-refractivity contribution in [1.29, 1.82) is 0 Å². The predicted octanol–water partition coefficient (Wildman–Crippen LogP) is 5.15. The molecule has 0 aromatic rings. The first kappa shape index (κ1) is 20.9. The topological polar surface area (TPSA) is 20.2 Å². The Morgan fingerprint density at radius 1 is 0.524 bits per heavy atom. The molecule has 0 aliphatic rings. The van der Waals surface area contributed by atoms with Gasteiger partial charge in [-0.2, -0.15) is 0 Å². The van der Waals surface area contributed by atoms with E-state index < -0.39 is 0 Å². The highest BCUT2D eigenvalue weighted by molar-refractivity contribution is 4.51. The molecule has 0 saturated carbocycles. The van der Waals surface area contributed by atoms with Gasteiger partial charge in [0.1, 0.15) is 0 Å². The maximum atomic E-state index is 9.27. The van der Waals surface area contributed by atoms with Crippen LogP contribution in [-0.4, -0.2) is 42.4 Å². The molecule has 0 heterocycles. The van der Waals surface area contributed by atoms with Gasteiger partial charge in [0.05, 0.1) is 26.2 Å². The average molecular weight is 301 g/mol. The van der Waals surface area contributed by atoms with Crippen LogP contribution in [0.3, 0.4) is 0 Å². The summed E-state index contributed by atoms with van der Waals surface area (Å²) in [7, 11) is 0. The molecular weight excluding hydrogens is 258 g/mol. The van der Waals surface area contributed by atoms with Crippen molar-refractivity contribution in [3.63, 3.8) is 0 Å². The molecule has 0 spiro atoms. The molecule has 0 aromatic heterocycles. The van der Waals surface area contributed by atoms with Gasteiger partial charge in [0, 0.05) is 13.0 Å². The fourth-order valence-corrected chi connectivity index (χ4v) is 3.35. The summed E-state index contributed by atoms with van der Waals surface area (Å²) in [6.45, 7) is 12.4. The third kappa shape index (κ3) is 11.2. The third-order valence-corrected chi connectivity index (χ3v) is 4.75. The molecule has 0 rings (SSSR count). The van der Waals surface area contributed by atoms with Crippen LogP contribution in [0.2, 0.25) is 0 Å². The first-order chi connectivity index (χ1) is 10.2. The van der Waals surface area contributed by atoms with Gasteiger partial charge >= 0.3 is 0 Å². The van der Waals surface area contributed by atoms with E-state index in [1.807, 2.05) is 0 Å². The smallest absolute Gasteiger partial charge is 0.0808 e. The minimum absolute atomic E-state index is 0.358. The Bertz CT molecular complexity index is 196. The van der Waals surface area contributed by atoms with Gasteiger partial charge in [-0.05, 0) is 38.5 Å². The van der Waals surface area contributed by atoms with Gasteiger partial charge in [0.15, 0.2) is 0 Å². The molecule has 0 aliphatic heterocycles. The zero-order valence-electron chi connectivity index (χ0n) is 15.2. The van der Waals surface area contributed by atoms with E-state index in [9.17, 15) is 5.11 Å². The highest BCUT2D eigenvalue weighted by atomic mass is 16.3. The number of unbranched alkanes of at least 4 members (excludes halogenated alkanes) is 7. The number of aliphatic hydroxyl groups is 1. The van der Waals surface area contributed by atoms with Gasteiger partial charge in [0.2, 0.25) is 0 Å². The van der Waals surface area contributed by atoms with Crippen LogP contribution in [0.1, 0.15) is 91.4 Å². The van der Waals surface area contributed by atoms with Crippen molar-refractivity contribution in [1.82, 2.24) is 0 Å². The molecule has 0 fully saturated rings. The van der Waals surface area contributed by atoms with E-state index in [2.05, 4.69) is 20.8 Å². The Labute approximate surface area is 134 Å². The normalized spacial score (nSPS) is 12.0. The molecule has 128 valence electrons. The molecule has 2 nitrogen and oxygen atoms in total. The van der Waals surface area contributed by atoms with Crippen molar-refractivity contribution in [3.05, 3.63) is 0 Å². The lowest BCUT2D eigenvalue weighted by molar-refractivity contribution is -0.929. The molecular formula is C19H42NO+. The Balaban J connectivity index is 4.48. The maximum Gasteiger partial charge on any atom is 0.0808 e. The lowest BCUT2D eigenvalue weighted by atomic mass is 10.1. The second kappa shape index (κ2) is 14.8. The number of hydrogen-bond donors (Lipinski definition) is 1. The van der Waals surface area contributed by atoms with Gasteiger partial charge in [-0.1, -0.05) is 46.5 Å². The summed E-state index contributed by atoms with van der Waals surface area (Å²) in [5, 5.41) is 9.27. The largest absolute Gasteiger partial charge is 0.396 e. The molecule has 0 radical (unpaired) electrons. The van der Waals surface area contributed by atoms with E-state index in [0.29, 0.717) is 6.61 Å². The van der Waals surface area contributed by atoms with Crippen molar-refractivity contribution in [2.24, 2.45) is 0 Å². The molecule has 0 amide bonds. The Hall–Kier alpha value is -0.0800. The summed E-state index contributed by atoms with van der Waals surface area (Å²) in [6, 6.07) is 0. The predicted molar refractivity (Wildman–Crippen MR) is 94.6 cm³/mol. The van der Waals surface area contributed by atoms with E-state index in [1.54, 1.807) is 0 Å². The van der Waals surface area contributed by atoms with Gasteiger partial charge in [-0.15, -0.1) is 0 Å². The minimum Gasteiger partial charge on any atom is -0.396 e. The Kier molecular flexibility index (Phi) is 14.8. The molecule has 0 aromatic carbocycles. The number of quaternary nitrogens is 1. The van der Waals surface area contributed by atoms with Crippen LogP contribution in [0, 0.1) is 0 Å². The summed E-state index contributed by atoms with van der Waals surface area (Å²) >= 11 is 0. The van der Waals surface area contributed by atoms with Crippen molar-refractivity contribution < 1.29 is 9.59 Å². The van der Waals surface area contributed by atoms with Crippen molar-refractivity contribution >= 4 is 0 Å². The molecule has 0 bridgehead atoms. The highest BCUT2D eigenvalue weighted by Gasteiger charge is 2.25. The average Bonchev–Trinajstić information content (AvgIpc) is 2.50. The summed E-state index contributed by atoms with van der Waals surface area (Å²) in [6.07, 6.45) is 14.5. The monoisotopic (exact) mass is 300 g/mol. The number of rotatable bonds is 16. The summed E-state index contributed by atoms with van der Waals surface area (Å²) in [4.78, 5) is 0. The summed E-state index contributed by atoms with van der Waals surface area (Å²) in [5.41, 5.74) is 0. The van der Waals surface area contributed by atoms with Crippen LogP contribution in [0.5, 0.6) is 0 Å². The molecule has 0 saturated heterocycles. The van der Waals surface area contributed by atoms with Crippen LogP contribution >= 0.6 is 0 Å². The second-order valence-corrected chi connectivity index (χ2v) is 6.79. The molecule has 2 heteroatoms. The van der Waals surface area contributed by atoms with Gasteiger partial charge in [0.25, 0.3) is 0 Å². The maximum absolute atomic E-state index is 9.27. The highest BCUT2D eigenvalue weighted by Crippen LogP contribution is 2.17. The quantitative estimate of drug-likeness (QED) is 0.309. The second-order valence-electron chi connectivity index (χ2n) is 6.79. The molecule has 1 N–H and O–H groups in total. The van der Waals surface area contributed by atoms with E-state index >= 15 is 0 Å². The summed E-state index contributed by atoms with van der Waals surface area (Å²) in [5.74, 6) is 0. The van der Waals surface area contributed by atoms with Crippen molar-refractivity contribution in [2.75, 3.05) is 32.8 Å². The fraction of sp³-hybridized carbons (Fsp3) is 1.00.